The minimum absolute atomic E-state index is 0.0278. The lowest BCUT2D eigenvalue weighted by Gasteiger charge is -2.26. The number of unbranched alkanes of at least 4 members (excludes halogenated alkanes) is 50. The van der Waals surface area contributed by atoms with Crippen molar-refractivity contribution in [2.45, 2.75) is 412 Å². The van der Waals surface area contributed by atoms with Gasteiger partial charge in [-0.2, -0.15) is 0 Å². The van der Waals surface area contributed by atoms with Crippen LogP contribution in [0.4, 0.5) is 0 Å². The third-order valence-corrected chi connectivity index (χ3v) is 16.0. The molecule has 7 nitrogen and oxygen atoms in total. The van der Waals surface area contributed by atoms with E-state index >= 15 is 0 Å². The molecule has 75 heavy (non-hydrogen) atoms. The summed E-state index contributed by atoms with van der Waals surface area (Å²) < 4.78 is 5.44. The molecule has 0 saturated carbocycles. The summed E-state index contributed by atoms with van der Waals surface area (Å²) in [5.74, 6) is -0.118. The summed E-state index contributed by atoms with van der Waals surface area (Å²) in [6, 6.07) is -0.799. The molecule has 0 rings (SSSR count). The Morgan fingerprint density at radius 3 is 0.853 bits per heavy atom. The molecular formula is C68H137NO6. The highest BCUT2D eigenvalue weighted by molar-refractivity contribution is 5.76. The molecule has 0 aliphatic rings. The standard InChI is InChI=1S/C35H70O2.C33H67NO4/c1-3-5-7-9-11-13-15-17-19-21-23-25-27-29-31-33-35(36)37-34-32-30-28-26-24-22-20-18-16-14-12-10-8-6-4-2;1-3-5-7-9-11-13-15-17-19-21-23-25-27-31(36)33(38)30(29-35)34-32(37)28-26-24-22-20-18-16-14-12-10-8-6-4-2/h3-34H2,1-2H3;30-31,33,35-36,38H,3-29H2,1-2H3,(H,34,37). The molecule has 0 aromatic rings. The maximum atomic E-state index is 12.3. The topological polar surface area (TPSA) is 116 Å². The Bertz CT molecular complexity index is 1070. The van der Waals surface area contributed by atoms with Crippen LogP contribution in [0.5, 0.6) is 0 Å². The van der Waals surface area contributed by atoms with Crippen molar-refractivity contribution in [3.63, 3.8) is 0 Å². The van der Waals surface area contributed by atoms with E-state index in [1.54, 1.807) is 0 Å². The quantitative estimate of drug-likeness (QED) is 0.0356. The van der Waals surface area contributed by atoms with Crippen LogP contribution in [0, 0.1) is 0 Å². The number of aliphatic hydroxyl groups excluding tert-OH is 3. The lowest BCUT2D eigenvalue weighted by Crippen LogP contribution is -2.50. The van der Waals surface area contributed by atoms with Crippen molar-refractivity contribution in [2.24, 2.45) is 0 Å². The van der Waals surface area contributed by atoms with Gasteiger partial charge in [-0.1, -0.05) is 355 Å². The number of carbonyl (C=O) groups excluding carboxylic acids is 2. The molecule has 0 aliphatic carbocycles. The Labute approximate surface area is 470 Å². The van der Waals surface area contributed by atoms with Crippen LogP contribution < -0.4 is 5.32 Å². The minimum Gasteiger partial charge on any atom is -0.466 e. The third kappa shape index (κ3) is 63.5. The van der Waals surface area contributed by atoms with Crippen molar-refractivity contribution < 1.29 is 29.6 Å². The molecule has 0 aromatic heterocycles. The number of carbonyl (C=O) groups is 2. The summed E-state index contributed by atoms with van der Waals surface area (Å²) >= 11 is 0. The first-order valence-corrected chi connectivity index (χ1v) is 34.3. The van der Waals surface area contributed by atoms with E-state index in [1.165, 1.54) is 295 Å². The summed E-state index contributed by atoms with van der Waals surface area (Å²) in [7, 11) is 0. The van der Waals surface area contributed by atoms with E-state index < -0.39 is 18.2 Å². The smallest absolute Gasteiger partial charge is 0.305 e. The summed E-state index contributed by atoms with van der Waals surface area (Å²) in [6.45, 7) is 9.36. The van der Waals surface area contributed by atoms with Gasteiger partial charge in [0.1, 0.15) is 6.10 Å². The molecule has 4 N–H and O–H groups in total. The Kier molecular flexibility index (Phi) is 67.9. The molecule has 0 fully saturated rings. The molecule has 450 valence electrons. The molecule has 0 aromatic carbocycles. The fraction of sp³-hybridized carbons (Fsp3) is 0.971. The van der Waals surface area contributed by atoms with Crippen molar-refractivity contribution in [2.75, 3.05) is 13.2 Å². The van der Waals surface area contributed by atoms with Crippen LogP contribution in [0.3, 0.4) is 0 Å². The number of ether oxygens (including phenoxy) is 1. The van der Waals surface area contributed by atoms with Gasteiger partial charge in [0.2, 0.25) is 5.91 Å². The lowest BCUT2D eigenvalue weighted by atomic mass is 9.99. The van der Waals surface area contributed by atoms with Crippen molar-refractivity contribution in [3.05, 3.63) is 0 Å². The first kappa shape index (κ1) is 75.9. The van der Waals surface area contributed by atoms with Gasteiger partial charge in [0.15, 0.2) is 0 Å². The van der Waals surface area contributed by atoms with Crippen LogP contribution in [0.15, 0.2) is 0 Å². The SMILES string of the molecule is CCCCCCCCCCCCCCC(=O)NC(CO)C(O)C(O)CCCCCCCCCCCCCC.CCCCCCCCCCCCCCCCCOC(=O)CCCCCCCCCCCCCCCCC. The van der Waals surface area contributed by atoms with Crippen LogP contribution in [0.25, 0.3) is 0 Å². The Hall–Kier alpha value is -1.18. The summed E-state index contributed by atoms with van der Waals surface area (Å²) in [5, 5.41) is 33.2. The molecule has 0 spiro atoms. The third-order valence-electron chi connectivity index (χ3n) is 16.0. The fourth-order valence-electron chi connectivity index (χ4n) is 10.7. The minimum atomic E-state index is -1.13. The van der Waals surface area contributed by atoms with Crippen molar-refractivity contribution >= 4 is 11.9 Å². The molecule has 1 amide bonds. The summed E-state index contributed by atoms with van der Waals surface area (Å²) in [6.07, 6.45) is 70.6. The van der Waals surface area contributed by atoms with E-state index in [2.05, 4.69) is 33.0 Å². The average molecular weight is 1060 g/mol. The van der Waals surface area contributed by atoms with Crippen LogP contribution in [0.1, 0.15) is 394 Å². The number of hydrogen-bond acceptors (Lipinski definition) is 6. The molecule has 0 radical (unpaired) electrons. The van der Waals surface area contributed by atoms with Gasteiger partial charge in [-0.25, -0.2) is 0 Å². The van der Waals surface area contributed by atoms with Crippen molar-refractivity contribution in [3.8, 4) is 0 Å². The van der Waals surface area contributed by atoms with Gasteiger partial charge in [-0.3, -0.25) is 9.59 Å². The second-order valence-electron chi connectivity index (χ2n) is 23.6. The molecule has 0 bridgehead atoms. The van der Waals surface area contributed by atoms with Crippen molar-refractivity contribution in [1.82, 2.24) is 5.32 Å². The molecule has 3 atom stereocenters. The van der Waals surface area contributed by atoms with Gasteiger partial charge < -0.3 is 25.4 Å². The number of esters is 1. The average Bonchev–Trinajstić information content (AvgIpc) is 3.41. The van der Waals surface area contributed by atoms with E-state index in [1.807, 2.05) is 0 Å². The normalized spacial score (nSPS) is 12.6. The van der Waals surface area contributed by atoms with Crippen molar-refractivity contribution in [1.29, 1.82) is 0 Å². The molecule has 0 saturated heterocycles. The van der Waals surface area contributed by atoms with Gasteiger partial charge in [0.25, 0.3) is 0 Å². The van der Waals surface area contributed by atoms with E-state index in [-0.39, 0.29) is 18.5 Å². The number of amides is 1. The Balaban J connectivity index is 0. The molecule has 7 heteroatoms. The zero-order valence-corrected chi connectivity index (χ0v) is 51.5. The zero-order chi connectivity index (χ0) is 55.0. The lowest BCUT2D eigenvalue weighted by molar-refractivity contribution is -0.143. The van der Waals surface area contributed by atoms with Gasteiger partial charge in [0.05, 0.1) is 25.4 Å². The van der Waals surface area contributed by atoms with Gasteiger partial charge in [-0.15, -0.1) is 0 Å². The first-order valence-electron chi connectivity index (χ1n) is 34.3. The Morgan fingerprint density at radius 1 is 0.333 bits per heavy atom. The molecule has 0 aliphatic heterocycles. The van der Waals surface area contributed by atoms with E-state index in [9.17, 15) is 24.9 Å². The Morgan fingerprint density at radius 2 is 0.573 bits per heavy atom. The highest BCUT2D eigenvalue weighted by atomic mass is 16.5. The second kappa shape index (κ2) is 67.1. The fourth-order valence-corrected chi connectivity index (χ4v) is 10.7. The number of aliphatic hydroxyl groups is 3. The number of hydrogen-bond donors (Lipinski definition) is 4. The predicted molar refractivity (Wildman–Crippen MR) is 328 cm³/mol. The van der Waals surface area contributed by atoms with E-state index in [4.69, 9.17) is 4.74 Å². The predicted octanol–water partition coefficient (Wildman–Crippen LogP) is 21.0. The van der Waals surface area contributed by atoms with Gasteiger partial charge in [0, 0.05) is 12.8 Å². The van der Waals surface area contributed by atoms with Crippen LogP contribution in [-0.4, -0.2) is 58.7 Å². The monoisotopic (exact) mass is 1060 g/mol. The zero-order valence-electron chi connectivity index (χ0n) is 51.5. The van der Waals surface area contributed by atoms with Crippen LogP contribution in [0.2, 0.25) is 0 Å². The van der Waals surface area contributed by atoms with E-state index in [0.29, 0.717) is 25.9 Å². The van der Waals surface area contributed by atoms with Gasteiger partial charge >= 0.3 is 5.97 Å². The molecular weight excluding hydrogens is 927 g/mol. The summed E-state index contributed by atoms with van der Waals surface area (Å²) in [4.78, 5) is 24.2. The van der Waals surface area contributed by atoms with Crippen LogP contribution in [-0.2, 0) is 14.3 Å². The maximum Gasteiger partial charge on any atom is 0.305 e. The number of rotatable bonds is 62. The highest BCUT2D eigenvalue weighted by Crippen LogP contribution is 2.18. The highest BCUT2D eigenvalue weighted by Gasteiger charge is 2.27. The van der Waals surface area contributed by atoms with E-state index in [0.717, 1.165) is 51.4 Å². The molecule has 0 heterocycles. The summed E-state index contributed by atoms with van der Waals surface area (Å²) in [5.41, 5.74) is 0. The maximum absolute atomic E-state index is 12.3. The number of nitrogens with one attached hydrogen (secondary N) is 1. The largest absolute Gasteiger partial charge is 0.466 e. The van der Waals surface area contributed by atoms with Crippen LogP contribution >= 0.6 is 0 Å². The second-order valence-corrected chi connectivity index (χ2v) is 23.6. The molecule has 3 unspecified atom stereocenters. The van der Waals surface area contributed by atoms with Gasteiger partial charge in [-0.05, 0) is 25.7 Å². The first-order chi connectivity index (χ1) is 36.9.